The van der Waals surface area contributed by atoms with Crippen molar-refractivity contribution in [3.05, 3.63) is 119 Å². The first-order valence-electron chi connectivity index (χ1n) is 9.73. The minimum atomic E-state index is -4.57. The molecule has 0 N–H and O–H groups in total. The lowest BCUT2D eigenvalue weighted by Crippen LogP contribution is -2.27. The molecule has 156 valence electrons. The summed E-state index contributed by atoms with van der Waals surface area (Å²) < 4.78 is 45.6. The number of ether oxygens (including phenoxy) is 1. The summed E-state index contributed by atoms with van der Waals surface area (Å²) in [5.74, 6) is -0.669. The van der Waals surface area contributed by atoms with Crippen LogP contribution >= 0.6 is 0 Å². The summed E-state index contributed by atoms with van der Waals surface area (Å²) in [6, 6.07) is 24.7. The number of allylic oxidation sites excluding steroid dienone is 1. The Labute approximate surface area is 178 Å². The molecule has 3 aromatic carbocycles. The molecule has 3 aromatic rings. The second-order valence-corrected chi connectivity index (χ2v) is 7.35. The van der Waals surface area contributed by atoms with Crippen molar-refractivity contribution in [2.45, 2.75) is 18.7 Å². The van der Waals surface area contributed by atoms with Crippen molar-refractivity contribution in [2.24, 2.45) is 0 Å². The molecule has 5 heteroatoms. The van der Waals surface area contributed by atoms with Gasteiger partial charge in [-0.15, -0.1) is 0 Å². The predicted octanol–water partition coefficient (Wildman–Crippen LogP) is 6.48. The molecular formula is C26H19F3O2. The van der Waals surface area contributed by atoms with Crippen LogP contribution in [0.15, 0.2) is 97.1 Å². The van der Waals surface area contributed by atoms with Crippen LogP contribution in [0.5, 0.6) is 0 Å². The summed E-state index contributed by atoms with van der Waals surface area (Å²) in [7, 11) is 0. The number of aryl methyl sites for hydroxylation is 1. The highest BCUT2D eigenvalue weighted by molar-refractivity contribution is 6.29. The molecular weight excluding hydrogens is 401 g/mol. The quantitative estimate of drug-likeness (QED) is 0.357. The Bertz CT molecular complexity index is 1140. The van der Waals surface area contributed by atoms with Gasteiger partial charge in [0.15, 0.2) is 5.60 Å². The molecule has 4 rings (SSSR count). The number of carbonyl (C=O) groups is 1. The van der Waals surface area contributed by atoms with Crippen LogP contribution < -0.4 is 0 Å². The highest BCUT2D eigenvalue weighted by atomic mass is 19.4. The summed E-state index contributed by atoms with van der Waals surface area (Å²) in [6.07, 6.45) is -3.49. The fraction of sp³-hybridized carbons (Fsp3) is 0.115. The zero-order valence-electron chi connectivity index (χ0n) is 16.7. The number of alkyl halides is 3. The molecule has 0 amide bonds. The van der Waals surface area contributed by atoms with Crippen LogP contribution in [0.4, 0.5) is 13.2 Å². The normalized spacial score (nSPS) is 19.2. The van der Waals surface area contributed by atoms with Gasteiger partial charge < -0.3 is 4.74 Å². The second-order valence-electron chi connectivity index (χ2n) is 7.35. The molecule has 0 aliphatic carbocycles. The first-order valence-corrected chi connectivity index (χ1v) is 9.73. The Kier molecular flexibility index (Phi) is 5.27. The largest absolute Gasteiger partial charge is 0.441 e. The fourth-order valence-corrected chi connectivity index (χ4v) is 3.80. The maximum atomic E-state index is 13.3. The predicted molar refractivity (Wildman–Crippen MR) is 114 cm³/mol. The van der Waals surface area contributed by atoms with Gasteiger partial charge in [-0.1, -0.05) is 90.5 Å². The van der Waals surface area contributed by atoms with Crippen molar-refractivity contribution in [3.63, 3.8) is 0 Å². The number of benzene rings is 3. The fourth-order valence-electron chi connectivity index (χ4n) is 3.80. The van der Waals surface area contributed by atoms with Gasteiger partial charge in [0, 0.05) is 17.2 Å². The Balaban J connectivity index is 2.07. The number of hydrogen-bond acceptors (Lipinski definition) is 2. The van der Waals surface area contributed by atoms with E-state index in [4.69, 9.17) is 4.74 Å². The van der Waals surface area contributed by atoms with E-state index < -0.39 is 17.7 Å². The maximum Gasteiger partial charge on any atom is 0.409 e. The van der Waals surface area contributed by atoms with E-state index in [0.29, 0.717) is 22.3 Å². The molecule has 1 heterocycles. The topological polar surface area (TPSA) is 26.3 Å². The second kappa shape index (κ2) is 7.91. The zero-order chi connectivity index (χ0) is 22.1. The van der Waals surface area contributed by atoms with E-state index in [1.807, 2.05) is 19.1 Å². The lowest BCUT2D eigenvalue weighted by molar-refractivity contribution is -0.142. The van der Waals surface area contributed by atoms with Crippen molar-refractivity contribution in [2.75, 3.05) is 0 Å². The molecule has 0 saturated heterocycles. The molecule has 0 aromatic heterocycles. The lowest BCUT2D eigenvalue weighted by atomic mass is 9.79. The van der Waals surface area contributed by atoms with E-state index in [2.05, 4.69) is 0 Å². The number of esters is 1. The average Bonchev–Trinajstić information content (AvgIpc) is 3.07. The summed E-state index contributed by atoms with van der Waals surface area (Å²) in [4.78, 5) is 13.1. The van der Waals surface area contributed by atoms with E-state index in [1.165, 1.54) is 0 Å². The van der Waals surface area contributed by atoms with E-state index in [9.17, 15) is 18.0 Å². The molecule has 0 spiro atoms. The number of halogens is 3. The van der Waals surface area contributed by atoms with Gasteiger partial charge in [0.05, 0.1) is 5.57 Å². The summed E-state index contributed by atoms with van der Waals surface area (Å²) >= 11 is 0. The van der Waals surface area contributed by atoms with Crippen LogP contribution in [0.1, 0.15) is 22.3 Å². The zero-order valence-corrected chi connectivity index (χ0v) is 16.7. The Morgan fingerprint density at radius 3 is 1.90 bits per heavy atom. The molecule has 0 saturated carbocycles. The van der Waals surface area contributed by atoms with Crippen LogP contribution in [0, 0.1) is 6.92 Å². The van der Waals surface area contributed by atoms with Crippen molar-refractivity contribution in [1.29, 1.82) is 0 Å². The van der Waals surface area contributed by atoms with Gasteiger partial charge in [-0.25, -0.2) is 4.79 Å². The van der Waals surface area contributed by atoms with Crippen molar-refractivity contribution in [3.8, 4) is 0 Å². The molecule has 0 radical (unpaired) electrons. The first kappa shape index (κ1) is 20.7. The van der Waals surface area contributed by atoms with Gasteiger partial charge in [0.2, 0.25) is 0 Å². The summed E-state index contributed by atoms with van der Waals surface area (Å²) in [6.45, 7) is 1.88. The van der Waals surface area contributed by atoms with Gasteiger partial charge in [-0.3, -0.25) is 0 Å². The van der Waals surface area contributed by atoms with Crippen LogP contribution in [0.25, 0.3) is 11.1 Å². The molecule has 0 bridgehead atoms. The minimum absolute atomic E-state index is 0.136. The van der Waals surface area contributed by atoms with E-state index in [1.54, 1.807) is 72.8 Å². The summed E-state index contributed by atoms with van der Waals surface area (Å²) in [5, 5.41) is 0. The third-order valence-corrected chi connectivity index (χ3v) is 5.19. The van der Waals surface area contributed by atoms with E-state index in [-0.39, 0.29) is 11.6 Å². The highest BCUT2D eigenvalue weighted by Crippen LogP contribution is 2.51. The molecule has 0 unspecified atom stereocenters. The van der Waals surface area contributed by atoms with Gasteiger partial charge in [0.25, 0.3) is 0 Å². The highest BCUT2D eigenvalue weighted by Gasteiger charge is 2.49. The monoisotopic (exact) mass is 420 g/mol. The average molecular weight is 420 g/mol. The van der Waals surface area contributed by atoms with Gasteiger partial charge in [-0.05, 0) is 24.1 Å². The molecule has 2 nitrogen and oxygen atoms in total. The molecule has 1 atom stereocenters. The molecule has 1 aliphatic heterocycles. The minimum Gasteiger partial charge on any atom is -0.441 e. The van der Waals surface area contributed by atoms with E-state index >= 15 is 0 Å². The maximum absolute atomic E-state index is 13.3. The Morgan fingerprint density at radius 2 is 1.35 bits per heavy atom. The van der Waals surface area contributed by atoms with Crippen molar-refractivity contribution < 1.29 is 22.7 Å². The first-order chi connectivity index (χ1) is 14.8. The smallest absolute Gasteiger partial charge is 0.409 e. The third kappa shape index (κ3) is 4.04. The van der Waals surface area contributed by atoms with Crippen LogP contribution in [-0.4, -0.2) is 12.1 Å². The van der Waals surface area contributed by atoms with Crippen molar-refractivity contribution >= 4 is 17.1 Å². The Hall–Kier alpha value is -3.60. The number of cyclic esters (lactones) is 1. The van der Waals surface area contributed by atoms with Crippen molar-refractivity contribution in [1.82, 2.24) is 0 Å². The van der Waals surface area contributed by atoms with Crippen LogP contribution in [0.3, 0.4) is 0 Å². The molecule has 0 fully saturated rings. The number of rotatable bonds is 4. The summed E-state index contributed by atoms with van der Waals surface area (Å²) in [5.41, 5.74) is 1.49. The lowest BCUT2D eigenvalue weighted by Gasteiger charge is -2.29. The number of hydrogen-bond donors (Lipinski definition) is 0. The van der Waals surface area contributed by atoms with Gasteiger partial charge in [-0.2, -0.15) is 13.2 Å². The van der Waals surface area contributed by atoms with Crippen LogP contribution in [0.2, 0.25) is 0 Å². The Morgan fingerprint density at radius 1 is 0.806 bits per heavy atom. The van der Waals surface area contributed by atoms with E-state index in [0.717, 1.165) is 11.6 Å². The SMILES string of the molecule is Cc1ccc([C@@]2(/C=C/C(F)(F)F)OC(=O)C(c3ccccc3)=C2c2ccccc2)cc1. The van der Waals surface area contributed by atoms with Gasteiger partial charge >= 0.3 is 12.1 Å². The molecule has 31 heavy (non-hydrogen) atoms. The van der Waals surface area contributed by atoms with Crippen LogP contribution in [-0.2, 0) is 15.1 Å². The number of carbonyl (C=O) groups excluding carboxylic acids is 1. The standard InChI is InChI=1S/C26H19F3O2/c1-18-12-14-21(15-13-18)25(16-17-26(27,28)29)23(20-10-6-3-7-11-20)22(24(30)31-25)19-8-4-2-5-9-19/h2-17H,1H3/b17-16+/t25-/m1/s1. The third-order valence-electron chi connectivity index (χ3n) is 5.19. The van der Waals surface area contributed by atoms with Gasteiger partial charge in [0.1, 0.15) is 0 Å². The molecule has 1 aliphatic rings.